The fourth-order valence-corrected chi connectivity index (χ4v) is 4.69. The molecule has 4 aromatic rings. The Hall–Kier alpha value is -4.53. The van der Waals surface area contributed by atoms with Crippen molar-refractivity contribution < 1.29 is 27.5 Å². The van der Waals surface area contributed by atoms with Crippen LogP contribution in [0, 0.1) is 11.6 Å². The van der Waals surface area contributed by atoms with Gasteiger partial charge in [-0.25, -0.2) is 13.8 Å². The summed E-state index contributed by atoms with van der Waals surface area (Å²) in [5.74, 6) is -0.405. The molecule has 3 aromatic carbocycles. The molecule has 2 heterocycles. The maximum absolute atomic E-state index is 14.1. The van der Waals surface area contributed by atoms with Gasteiger partial charge in [-0.2, -0.15) is 0 Å². The van der Waals surface area contributed by atoms with E-state index in [1.807, 2.05) is 31.2 Å². The first-order valence-corrected chi connectivity index (χ1v) is 12.7. The van der Waals surface area contributed by atoms with Crippen LogP contribution >= 0.6 is 0 Å². The maximum Gasteiger partial charge on any atom is 0.273 e. The lowest BCUT2D eigenvalue weighted by atomic mass is 9.87. The van der Waals surface area contributed by atoms with Crippen molar-refractivity contribution in [2.75, 3.05) is 6.54 Å². The summed E-state index contributed by atoms with van der Waals surface area (Å²) in [5.41, 5.74) is 3.48. The Labute approximate surface area is 224 Å². The van der Waals surface area contributed by atoms with E-state index in [9.17, 15) is 18.4 Å². The predicted molar refractivity (Wildman–Crippen MR) is 139 cm³/mol. The largest absolute Gasteiger partial charge is 0.484 e. The standard InChI is InChI=1S/C30H27F2N3O4/c1-2-28(36)35-13-12-20-8-11-24(15-25(20)29(35)21-4-3-5-23(32)14-21)38-18-27-34-26(17-39-27)30(37)33-16-19-6-9-22(31)10-7-19/h3-11,14-15,17,29H,2,12-13,16,18H2,1H3,(H,33,37)/t29-/m0/s1. The van der Waals surface area contributed by atoms with Crippen LogP contribution in [0.5, 0.6) is 5.75 Å². The van der Waals surface area contributed by atoms with Gasteiger partial charge < -0.3 is 19.4 Å². The van der Waals surface area contributed by atoms with Crippen LogP contribution in [-0.4, -0.2) is 28.2 Å². The molecular weight excluding hydrogens is 504 g/mol. The van der Waals surface area contributed by atoms with Crippen LogP contribution in [0.1, 0.15) is 58.0 Å². The first kappa shape index (κ1) is 26.1. The Morgan fingerprint density at radius 3 is 2.67 bits per heavy atom. The molecule has 0 radical (unpaired) electrons. The summed E-state index contributed by atoms with van der Waals surface area (Å²) in [6.45, 7) is 2.56. The normalized spacial score (nSPS) is 14.5. The Bertz CT molecular complexity index is 1490. The second kappa shape index (κ2) is 11.5. The number of ether oxygens (including phenoxy) is 1. The van der Waals surface area contributed by atoms with Gasteiger partial charge in [-0.05, 0) is 65.1 Å². The highest BCUT2D eigenvalue weighted by molar-refractivity contribution is 5.91. The predicted octanol–water partition coefficient (Wildman–Crippen LogP) is 5.35. The van der Waals surface area contributed by atoms with E-state index < -0.39 is 11.9 Å². The summed E-state index contributed by atoms with van der Waals surface area (Å²) in [6, 6.07) is 17.3. The lowest BCUT2D eigenvalue weighted by Gasteiger charge is -2.38. The fourth-order valence-electron chi connectivity index (χ4n) is 4.69. The number of hydrogen-bond donors (Lipinski definition) is 1. The number of carbonyl (C=O) groups is 2. The highest BCUT2D eigenvalue weighted by atomic mass is 19.1. The molecule has 5 rings (SSSR count). The minimum Gasteiger partial charge on any atom is -0.484 e. The number of fused-ring (bicyclic) bond motifs is 1. The van der Waals surface area contributed by atoms with Gasteiger partial charge in [0.1, 0.15) is 23.6 Å². The number of halogens is 2. The van der Waals surface area contributed by atoms with E-state index in [1.165, 1.54) is 30.5 Å². The molecule has 1 aliphatic heterocycles. The Morgan fingerprint density at radius 2 is 1.90 bits per heavy atom. The van der Waals surface area contributed by atoms with Crippen molar-refractivity contribution in [3.8, 4) is 5.75 Å². The number of nitrogens with one attached hydrogen (secondary N) is 1. The van der Waals surface area contributed by atoms with E-state index >= 15 is 0 Å². The molecule has 7 nitrogen and oxygen atoms in total. The van der Waals surface area contributed by atoms with Crippen LogP contribution in [0.15, 0.2) is 77.4 Å². The SMILES string of the molecule is CCC(=O)N1CCc2ccc(OCc3nc(C(=O)NCc4ccc(F)cc4)co3)cc2[C@@H]1c1cccc(F)c1. The molecule has 0 unspecified atom stereocenters. The monoisotopic (exact) mass is 531 g/mol. The van der Waals surface area contributed by atoms with E-state index in [4.69, 9.17) is 9.15 Å². The third-order valence-corrected chi connectivity index (χ3v) is 6.65. The van der Waals surface area contributed by atoms with Crippen LogP contribution in [0.4, 0.5) is 8.78 Å². The highest BCUT2D eigenvalue weighted by Gasteiger charge is 2.32. The van der Waals surface area contributed by atoms with Gasteiger partial charge in [-0.15, -0.1) is 0 Å². The van der Waals surface area contributed by atoms with Crippen molar-refractivity contribution in [3.63, 3.8) is 0 Å². The molecule has 2 amide bonds. The number of rotatable bonds is 8. The van der Waals surface area contributed by atoms with Crippen LogP contribution in [0.2, 0.25) is 0 Å². The molecule has 0 spiro atoms. The first-order chi connectivity index (χ1) is 18.9. The van der Waals surface area contributed by atoms with E-state index in [1.54, 1.807) is 23.1 Å². The maximum atomic E-state index is 14.1. The van der Waals surface area contributed by atoms with Gasteiger partial charge in [0, 0.05) is 19.5 Å². The van der Waals surface area contributed by atoms with Gasteiger partial charge >= 0.3 is 0 Å². The second-order valence-electron chi connectivity index (χ2n) is 9.23. The van der Waals surface area contributed by atoms with Gasteiger partial charge in [-0.3, -0.25) is 9.59 Å². The average Bonchev–Trinajstić information content (AvgIpc) is 3.43. The molecule has 0 saturated carbocycles. The molecule has 1 atom stereocenters. The minimum absolute atomic E-state index is 0.00810. The topological polar surface area (TPSA) is 84.7 Å². The Morgan fingerprint density at radius 1 is 1.08 bits per heavy atom. The number of amides is 2. The first-order valence-electron chi connectivity index (χ1n) is 12.7. The summed E-state index contributed by atoms with van der Waals surface area (Å²) in [6.07, 6.45) is 2.28. The summed E-state index contributed by atoms with van der Waals surface area (Å²) in [7, 11) is 0. The van der Waals surface area contributed by atoms with E-state index in [2.05, 4.69) is 10.3 Å². The van der Waals surface area contributed by atoms with Crippen molar-refractivity contribution in [2.24, 2.45) is 0 Å². The number of nitrogens with zero attached hydrogens (tertiary/aromatic N) is 2. The number of oxazole rings is 1. The number of hydrogen-bond acceptors (Lipinski definition) is 5. The Balaban J connectivity index is 1.29. The molecule has 9 heteroatoms. The van der Waals surface area contributed by atoms with Gasteiger partial charge in [-0.1, -0.05) is 37.3 Å². The highest BCUT2D eigenvalue weighted by Crippen LogP contribution is 2.37. The zero-order valence-electron chi connectivity index (χ0n) is 21.3. The smallest absolute Gasteiger partial charge is 0.273 e. The molecule has 0 fully saturated rings. The van der Waals surface area contributed by atoms with Crippen LogP contribution < -0.4 is 10.1 Å². The average molecular weight is 532 g/mol. The summed E-state index contributed by atoms with van der Waals surface area (Å²) < 4.78 is 38.5. The zero-order valence-corrected chi connectivity index (χ0v) is 21.3. The fraction of sp³-hybridized carbons (Fsp3) is 0.233. The number of aromatic nitrogens is 1. The van der Waals surface area contributed by atoms with E-state index in [0.717, 1.165) is 16.7 Å². The van der Waals surface area contributed by atoms with E-state index in [0.29, 0.717) is 30.7 Å². The van der Waals surface area contributed by atoms with Gasteiger partial charge in [0.05, 0.1) is 6.04 Å². The molecule has 200 valence electrons. The zero-order chi connectivity index (χ0) is 27.4. The molecule has 39 heavy (non-hydrogen) atoms. The minimum atomic E-state index is -0.432. The number of benzene rings is 3. The van der Waals surface area contributed by atoms with Gasteiger partial charge in [0.15, 0.2) is 12.3 Å². The van der Waals surface area contributed by atoms with Crippen LogP contribution in [0.25, 0.3) is 0 Å². The van der Waals surface area contributed by atoms with Crippen molar-refractivity contribution in [2.45, 2.75) is 39.0 Å². The number of carbonyl (C=O) groups excluding carboxylic acids is 2. The second-order valence-corrected chi connectivity index (χ2v) is 9.23. The van der Waals surface area contributed by atoms with Gasteiger partial charge in [0.2, 0.25) is 11.8 Å². The lowest BCUT2D eigenvalue weighted by Crippen LogP contribution is -2.40. The van der Waals surface area contributed by atoms with Crippen molar-refractivity contribution in [3.05, 3.63) is 118 Å². The molecule has 0 saturated heterocycles. The lowest BCUT2D eigenvalue weighted by molar-refractivity contribution is -0.132. The van der Waals surface area contributed by atoms with Gasteiger partial charge in [0.25, 0.3) is 5.91 Å². The molecule has 1 aliphatic rings. The van der Waals surface area contributed by atoms with Crippen LogP contribution in [-0.2, 0) is 24.4 Å². The van der Waals surface area contributed by atoms with Crippen molar-refractivity contribution in [1.82, 2.24) is 15.2 Å². The van der Waals surface area contributed by atoms with Crippen molar-refractivity contribution >= 4 is 11.8 Å². The Kier molecular flexibility index (Phi) is 7.67. The molecule has 0 aliphatic carbocycles. The third-order valence-electron chi connectivity index (χ3n) is 6.65. The molecule has 0 bridgehead atoms. The summed E-state index contributed by atoms with van der Waals surface area (Å²) in [4.78, 5) is 31.2. The molecule has 1 N–H and O–H groups in total. The van der Waals surface area contributed by atoms with Crippen molar-refractivity contribution in [1.29, 1.82) is 0 Å². The third kappa shape index (κ3) is 5.98. The summed E-state index contributed by atoms with van der Waals surface area (Å²) in [5, 5.41) is 2.71. The quantitative estimate of drug-likeness (QED) is 0.332. The van der Waals surface area contributed by atoms with Crippen LogP contribution in [0.3, 0.4) is 0 Å². The summed E-state index contributed by atoms with van der Waals surface area (Å²) >= 11 is 0. The molecule has 1 aromatic heterocycles. The van der Waals surface area contributed by atoms with E-state index in [-0.39, 0.29) is 42.3 Å². The molecular formula is C30H27F2N3O4.